The van der Waals surface area contributed by atoms with Gasteiger partial charge in [-0.1, -0.05) is 0 Å². The van der Waals surface area contributed by atoms with Gasteiger partial charge in [-0.15, -0.1) is 0 Å². The summed E-state index contributed by atoms with van der Waals surface area (Å²) in [5, 5.41) is 11.4. The number of nitrogens with zero attached hydrogens (tertiary/aromatic N) is 1. The highest BCUT2D eigenvalue weighted by molar-refractivity contribution is 5.80. The Balaban J connectivity index is 2.25. The van der Waals surface area contributed by atoms with Gasteiger partial charge < -0.3 is 24.6 Å². The summed E-state index contributed by atoms with van der Waals surface area (Å²) in [7, 11) is 0. The first-order valence-electron chi connectivity index (χ1n) is 7.38. The highest BCUT2D eigenvalue weighted by atomic mass is 16.6. The van der Waals surface area contributed by atoms with Gasteiger partial charge in [0.2, 0.25) is 0 Å². The molecular weight excluding hydrogens is 292 g/mol. The average molecular weight is 318 g/mol. The van der Waals surface area contributed by atoms with E-state index in [1.165, 1.54) is 0 Å². The minimum atomic E-state index is -1.16. The van der Waals surface area contributed by atoms with E-state index in [4.69, 9.17) is 19.3 Å². The largest absolute Gasteiger partial charge is 0.480 e. The van der Waals surface area contributed by atoms with Crippen LogP contribution >= 0.6 is 0 Å². The number of aliphatic carboxylic acids is 1. The number of amides is 1. The highest BCUT2D eigenvalue weighted by Crippen LogP contribution is 2.06. The molecule has 1 fully saturated rings. The molecule has 0 aromatic carbocycles. The number of carboxylic acid groups (broad SMARTS) is 1. The van der Waals surface area contributed by atoms with Crippen molar-refractivity contribution < 1.29 is 28.9 Å². The summed E-state index contributed by atoms with van der Waals surface area (Å²) in [5.74, 6) is -1.16. The molecule has 8 heteroatoms. The molecule has 1 atom stereocenters. The molecule has 22 heavy (non-hydrogen) atoms. The molecule has 0 aromatic heterocycles. The van der Waals surface area contributed by atoms with Gasteiger partial charge in [-0.25, -0.2) is 9.59 Å². The minimum Gasteiger partial charge on any atom is -0.480 e. The number of carboxylic acids is 1. The Morgan fingerprint density at radius 3 is 2.50 bits per heavy atom. The monoisotopic (exact) mass is 318 g/mol. The fourth-order valence-electron chi connectivity index (χ4n) is 1.84. The van der Waals surface area contributed by atoms with E-state index >= 15 is 0 Å². The van der Waals surface area contributed by atoms with Crippen LogP contribution in [0.25, 0.3) is 0 Å². The third-order valence-electron chi connectivity index (χ3n) is 2.93. The normalized spacial score (nSPS) is 17.8. The first-order chi connectivity index (χ1) is 10.3. The Labute approximate surface area is 130 Å². The van der Waals surface area contributed by atoms with Gasteiger partial charge in [0.15, 0.2) is 6.04 Å². The molecule has 0 radical (unpaired) electrons. The van der Waals surface area contributed by atoms with Crippen molar-refractivity contribution in [2.24, 2.45) is 0 Å². The summed E-state index contributed by atoms with van der Waals surface area (Å²) < 4.78 is 15.6. The van der Waals surface area contributed by atoms with Crippen molar-refractivity contribution in [2.75, 3.05) is 46.1 Å². The van der Waals surface area contributed by atoms with Crippen molar-refractivity contribution in [1.29, 1.82) is 0 Å². The van der Waals surface area contributed by atoms with Gasteiger partial charge in [0, 0.05) is 19.6 Å². The van der Waals surface area contributed by atoms with Crippen LogP contribution in [0.5, 0.6) is 0 Å². The van der Waals surface area contributed by atoms with Crippen LogP contribution in [0.1, 0.15) is 20.8 Å². The molecule has 128 valence electrons. The molecule has 1 rings (SSSR count). The van der Waals surface area contributed by atoms with E-state index in [0.717, 1.165) is 13.1 Å². The molecule has 0 unspecified atom stereocenters. The minimum absolute atomic E-state index is 0.0983. The van der Waals surface area contributed by atoms with Crippen molar-refractivity contribution in [3.63, 3.8) is 0 Å². The Morgan fingerprint density at radius 2 is 1.95 bits per heavy atom. The van der Waals surface area contributed by atoms with Crippen LogP contribution in [-0.2, 0) is 19.0 Å². The van der Waals surface area contributed by atoms with Crippen LogP contribution in [-0.4, -0.2) is 79.8 Å². The molecule has 1 heterocycles. The number of alkyl carbamates (subject to hydrolysis) is 1. The zero-order valence-corrected chi connectivity index (χ0v) is 13.5. The van der Waals surface area contributed by atoms with Crippen LogP contribution in [0.3, 0.4) is 0 Å². The smallest absolute Gasteiger partial charge is 0.408 e. The van der Waals surface area contributed by atoms with Gasteiger partial charge in [0.25, 0.3) is 0 Å². The number of rotatable bonds is 7. The van der Waals surface area contributed by atoms with E-state index in [1.807, 2.05) is 0 Å². The van der Waals surface area contributed by atoms with Crippen LogP contribution in [0, 0.1) is 0 Å². The van der Waals surface area contributed by atoms with Gasteiger partial charge in [-0.3, -0.25) is 4.90 Å². The molecule has 8 nitrogen and oxygen atoms in total. The van der Waals surface area contributed by atoms with E-state index in [0.29, 0.717) is 26.4 Å². The van der Waals surface area contributed by atoms with Crippen molar-refractivity contribution >= 4 is 12.1 Å². The maximum atomic E-state index is 11.6. The number of nitrogens with one attached hydrogen (secondary N) is 1. The second kappa shape index (κ2) is 8.92. The zero-order valence-electron chi connectivity index (χ0n) is 13.5. The third kappa shape index (κ3) is 8.16. The fourth-order valence-corrected chi connectivity index (χ4v) is 1.84. The first-order valence-corrected chi connectivity index (χ1v) is 7.38. The lowest BCUT2D eigenvalue weighted by atomic mass is 10.2. The summed E-state index contributed by atoms with van der Waals surface area (Å²) in [6.07, 6.45) is -0.767. The van der Waals surface area contributed by atoms with E-state index in [2.05, 4.69) is 10.2 Å². The van der Waals surface area contributed by atoms with Gasteiger partial charge in [-0.05, 0) is 20.8 Å². The van der Waals surface area contributed by atoms with Crippen molar-refractivity contribution in [3.05, 3.63) is 0 Å². The standard InChI is InChI=1S/C14H26N2O6/c1-14(2,3)22-13(19)15-11(12(17)18)10-21-9-6-16-4-7-20-8-5-16/h11H,4-10H2,1-3H3,(H,15,19)(H,17,18)/t11-/m0/s1. The van der Waals surface area contributed by atoms with E-state index in [1.54, 1.807) is 20.8 Å². The molecule has 0 saturated carbocycles. The number of carbonyl (C=O) groups is 2. The van der Waals surface area contributed by atoms with Crippen molar-refractivity contribution in [3.8, 4) is 0 Å². The van der Waals surface area contributed by atoms with Crippen LogP contribution in [0.2, 0.25) is 0 Å². The Morgan fingerprint density at radius 1 is 1.32 bits per heavy atom. The third-order valence-corrected chi connectivity index (χ3v) is 2.93. The lowest BCUT2D eigenvalue weighted by Gasteiger charge is -2.26. The zero-order chi connectivity index (χ0) is 16.6. The highest BCUT2D eigenvalue weighted by Gasteiger charge is 2.24. The van der Waals surface area contributed by atoms with E-state index in [-0.39, 0.29) is 6.61 Å². The molecule has 1 amide bonds. The number of morpholine rings is 1. The average Bonchev–Trinajstić information content (AvgIpc) is 2.41. The van der Waals surface area contributed by atoms with Gasteiger partial charge in [0.05, 0.1) is 26.4 Å². The lowest BCUT2D eigenvalue weighted by molar-refractivity contribution is -0.141. The summed E-state index contributed by atoms with van der Waals surface area (Å²) >= 11 is 0. The molecule has 2 N–H and O–H groups in total. The molecule has 0 spiro atoms. The first kappa shape index (κ1) is 18.7. The Hall–Kier alpha value is -1.38. The van der Waals surface area contributed by atoms with E-state index in [9.17, 15) is 9.59 Å². The topological polar surface area (TPSA) is 97.3 Å². The maximum Gasteiger partial charge on any atom is 0.408 e. The Kier molecular flexibility index (Phi) is 7.57. The Bertz CT molecular complexity index is 363. The number of ether oxygens (including phenoxy) is 3. The molecular formula is C14H26N2O6. The SMILES string of the molecule is CC(C)(C)OC(=O)N[C@@H](COCCN1CCOCC1)C(=O)O. The predicted octanol–water partition coefficient (Wildman–Crippen LogP) is 0.313. The van der Waals surface area contributed by atoms with Crippen molar-refractivity contribution in [2.45, 2.75) is 32.4 Å². The molecule has 0 aromatic rings. The number of hydrogen-bond donors (Lipinski definition) is 2. The van der Waals surface area contributed by atoms with Crippen LogP contribution in [0.15, 0.2) is 0 Å². The van der Waals surface area contributed by atoms with Crippen LogP contribution in [0.4, 0.5) is 4.79 Å². The maximum absolute atomic E-state index is 11.6. The molecule has 1 saturated heterocycles. The summed E-state index contributed by atoms with van der Waals surface area (Å²) in [6.45, 7) is 9.25. The van der Waals surface area contributed by atoms with Gasteiger partial charge in [-0.2, -0.15) is 0 Å². The summed E-state index contributed by atoms with van der Waals surface area (Å²) in [5.41, 5.74) is -0.676. The second-order valence-corrected chi connectivity index (χ2v) is 6.07. The summed E-state index contributed by atoms with van der Waals surface area (Å²) in [6, 6.07) is -1.13. The van der Waals surface area contributed by atoms with E-state index < -0.39 is 23.7 Å². The number of carbonyl (C=O) groups excluding carboxylic acids is 1. The molecule has 1 aliphatic rings. The van der Waals surface area contributed by atoms with Crippen molar-refractivity contribution in [1.82, 2.24) is 10.2 Å². The predicted molar refractivity (Wildman–Crippen MR) is 78.9 cm³/mol. The lowest BCUT2D eigenvalue weighted by Crippen LogP contribution is -2.46. The van der Waals surface area contributed by atoms with Gasteiger partial charge >= 0.3 is 12.1 Å². The number of hydrogen-bond acceptors (Lipinski definition) is 6. The van der Waals surface area contributed by atoms with Gasteiger partial charge in [0.1, 0.15) is 5.60 Å². The quantitative estimate of drug-likeness (QED) is 0.652. The fraction of sp³-hybridized carbons (Fsp3) is 0.857. The summed E-state index contributed by atoms with van der Waals surface area (Å²) in [4.78, 5) is 24.9. The molecule has 1 aliphatic heterocycles. The molecule has 0 bridgehead atoms. The van der Waals surface area contributed by atoms with Crippen LogP contribution < -0.4 is 5.32 Å². The molecule has 0 aliphatic carbocycles. The second-order valence-electron chi connectivity index (χ2n) is 6.07.